The van der Waals surface area contributed by atoms with Gasteiger partial charge in [0, 0.05) is 7.05 Å². The molecule has 30 heavy (non-hydrogen) atoms. The van der Waals surface area contributed by atoms with Gasteiger partial charge in [-0.1, -0.05) is 48.5 Å². The number of hydrogen-bond donors (Lipinski definition) is 2. The Morgan fingerprint density at radius 2 is 1.80 bits per heavy atom. The number of nitrogens with one attached hydrogen (secondary N) is 2. The zero-order valence-electron chi connectivity index (χ0n) is 16.1. The van der Waals surface area contributed by atoms with Gasteiger partial charge in [-0.15, -0.1) is 11.3 Å². The second-order valence-corrected chi connectivity index (χ2v) is 9.63. The minimum absolute atomic E-state index is 0.172. The zero-order valence-corrected chi connectivity index (χ0v) is 17.8. The molecule has 154 valence electrons. The van der Waals surface area contributed by atoms with E-state index in [1.165, 1.54) is 6.07 Å². The van der Waals surface area contributed by atoms with Crippen molar-refractivity contribution in [2.24, 2.45) is 7.05 Å². The maximum atomic E-state index is 12.7. The topological polar surface area (TPSA) is 93.1 Å². The fourth-order valence-electron chi connectivity index (χ4n) is 3.22. The Balaban J connectivity index is 1.59. The van der Waals surface area contributed by atoms with E-state index in [0.29, 0.717) is 5.82 Å². The molecule has 9 heteroatoms. The summed E-state index contributed by atoms with van der Waals surface area (Å²) in [4.78, 5) is 17.4. The number of aryl methyl sites for hydroxylation is 1. The molecule has 2 aromatic carbocycles. The summed E-state index contributed by atoms with van der Waals surface area (Å²) < 4.78 is 29.1. The van der Waals surface area contributed by atoms with Crippen molar-refractivity contribution in [1.82, 2.24) is 19.6 Å². The van der Waals surface area contributed by atoms with Crippen molar-refractivity contribution in [1.29, 1.82) is 0 Å². The van der Waals surface area contributed by atoms with E-state index in [1.807, 2.05) is 66.2 Å². The first-order valence-electron chi connectivity index (χ1n) is 9.24. The van der Waals surface area contributed by atoms with E-state index in [0.717, 1.165) is 27.9 Å². The molecule has 2 aromatic heterocycles. The van der Waals surface area contributed by atoms with E-state index in [4.69, 9.17) is 4.98 Å². The molecule has 0 fully saturated rings. The lowest BCUT2D eigenvalue weighted by molar-refractivity contribution is -0.120. The number of nitrogens with zero attached hydrogens (tertiary/aromatic N) is 2. The van der Waals surface area contributed by atoms with Gasteiger partial charge in [-0.3, -0.25) is 4.79 Å². The summed E-state index contributed by atoms with van der Waals surface area (Å²) in [7, 11) is -1.82. The van der Waals surface area contributed by atoms with Gasteiger partial charge in [-0.05, 0) is 29.1 Å². The third kappa shape index (κ3) is 4.13. The molecule has 7 nitrogen and oxygen atoms in total. The number of amides is 1. The van der Waals surface area contributed by atoms with Crippen molar-refractivity contribution < 1.29 is 13.2 Å². The Kier molecular flexibility index (Phi) is 5.67. The van der Waals surface area contributed by atoms with Crippen LogP contribution in [0.3, 0.4) is 0 Å². The number of thiophene rings is 1. The summed E-state index contributed by atoms with van der Waals surface area (Å²) in [6.45, 7) is -0.368. The van der Waals surface area contributed by atoms with Crippen molar-refractivity contribution in [3.05, 3.63) is 83.5 Å². The van der Waals surface area contributed by atoms with Crippen LogP contribution in [0.2, 0.25) is 0 Å². The number of carbonyl (C=O) groups excluding carboxylic acids is 1. The summed E-state index contributed by atoms with van der Waals surface area (Å²) in [5.41, 5.74) is 2.62. The second-order valence-electron chi connectivity index (χ2n) is 6.69. The Bertz CT molecular complexity index is 1270. The average molecular weight is 441 g/mol. The highest BCUT2D eigenvalue weighted by atomic mass is 32.2. The fourth-order valence-corrected chi connectivity index (χ4v) is 5.24. The first kappa shape index (κ1) is 20.3. The monoisotopic (exact) mass is 440 g/mol. The molecule has 0 aliphatic carbocycles. The van der Waals surface area contributed by atoms with Crippen LogP contribution in [0.4, 0.5) is 0 Å². The van der Waals surface area contributed by atoms with Crippen LogP contribution in [0.5, 0.6) is 0 Å². The summed E-state index contributed by atoms with van der Waals surface area (Å²) in [5.74, 6) is 0.216. The second kappa shape index (κ2) is 8.39. The molecule has 1 amide bonds. The third-order valence-electron chi connectivity index (χ3n) is 4.70. The largest absolute Gasteiger partial charge is 0.341 e. The van der Waals surface area contributed by atoms with Gasteiger partial charge in [0.1, 0.15) is 16.1 Å². The van der Waals surface area contributed by atoms with Crippen LogP contribution in [-0.2, 0) is 21.9 Å². The Morgan fingerprint density at radius 3 is 2.50 bits per heavy atom. The molecule has 2 heterocycles. The van der Waals surface area contributed by atoms with Crippen molar-refractivity contribution in [3.63, 3.8) is 0 Å². The maximum Gasteiger partial charge on any atom is 0.250 e. The number of aromatic nitrogens is 2. The van der Waals surface area contributed by atoms with Gasteiger partial charge in [0.05, 0.1) is 17.6 Å². The first-order chi connectivity index (χ1) is 14.5. The summed E-state index contributed by atoms with van der Waals surface area (Å²) in [6, 6.07) is 19.8. The van der Waals surface area contributed by atoms with Crippen LogP contribution in [0.15, 0.2) is 76.3 Å². The Hall–Kier alpha value is -3.01. The quantitative estimate of drug-likeness (QED) is 0.462. The molecule has 0 saturated carbocycles. The number of imidazole rings is 1. The zero-order chi connectivity index (χ0) is 21.1. The average Bonchev–Trinajstić information content (AvgIpc) is 3.41. The molecular weight excluding hydrogens is 420 g/mol. The standard InChI is InChI=1S/C21H20N4O3S2/c1-25-17-11-6-5-10-16(17)23-21(25)20(15-8-3-2-4-9-15)24-18(26)14-22-30(27,28)19-12-7-13-29-19/h2-13,20,22H,14H2,1H3,(H,24,26). The summed E-state index contributed by atoms with van der Waals surface area (Å²) in [6.07, 6.45) is 0. The van der Waals surface area contributed by atoms with Gasteiger partial charge in [0.25, 0.3) is 10.0 Å². The van der Waals surface area contributed by atoms with Gasteiger partial charge < -0.3 is 9.88 Å². The Morgan fingerprint density at radius 1 is 1.07 bits per heavy atom. The van der Waals surface area contributed by atoms with Gasteiger partial charge in [-0.2, -0.15) is 0 Å². The highest BCUT2D eigenvalue weighted by Gasteiger charge is 2.24. The fraction of sp³-hybridized carbons (Fsp3) is 0.143. The predicted octanol–water partition coefficient (Wildman–Crippen LogP) is 2.82. The number of para-hydroxylation sites is 2. The highest BCUT2D eigenvalue weighted by molar-refractivity contribution is 7.91. The van der Waals surface area contributed by atoms with Crippen LogP contribution >= 0.6 is 11.3 Å². The van der Waals surface area contributed by atoms with E-state index in [-0.39, 0.29) is 10.8 Å². The minimum atomic E-state index is -3.72. The Labute approximate surface area is 178 Å². The van der Waals surface area contributed by atoms with Crippen molar-refractivity contribution in [2.45, 2.75) is 10.3 Å². The summed E-state index contributed by atoms with van der Waals surface area (Å²) in [5, 5.41) is 4.60. The van der Waals surface area contributed by atoms with Crippen molar-refractivity contribution in [2.75, 3.05) is 6.54 Å². The number of sulfonamides is 1. The smallest absolute Gasteiger partial charge is 0.250 e. The predicted molar refractivity (Wildman–Crippen MR) is 117 cm³/mol. The van der Waals surface area contributed by atoms with Gasteiger partial charge in [0.15, 0.2) is 0 Å². The van der Waals surface area contributed by atoms with E-state index in [9.17, 15) is 13.2 Å². The lowest BCUT2D eigenvalue weighted by Gasteiger charge is -2.19. The van der Waals surface area contributed by atoms with Crippen molar-refractivity contribution >= 4 is 38.3 Å². The lowest BCUT2D eigenvalue weighted by atomic mass is 10.1. The van der Waals surface area contributed by atoms with Crippen LogP contribution in [-0.4, -0.2) is 30.4 Å². The number of fused-ring (bicyclic) bond motifs is 1. The summed E-state index contributed by atoms with van der Waals surface area (Å²) >= 11 is 1.10. The minimum Gasteiger partial charge on any atom is -0.341 e. The van der Waals surface area contributed by atoms with Crippen LogP contribution in [0.25, 0.3) is 11.0 Å². The molecule has 2 N–H and O–H groups in total. The number of hydrogen-bond acceptors (Lipinski definition) is 5. The first-order valence-corrected chi connectivity index (χ1v) is 11.6. The van der Waals surface area contributed by atoms with E-state index < -0.39 is 22.0 Å². The number of carbonyl (C=O) groups is 1. The van der Waals surface area contributed by atoms with E-state index in [2.05, 4.69) is 10.0 Å². The highest BCUT2D eigenvalue weighted by Crippen LogP contribution is 2.25. The molecule has 4 rings (SSSR count). The molecule has 0 radical (unpaired) electrons. The van der Waals surface area contributed by atoms with Gasteiger partial charge >= 0.3 is 0 Å². The molecular formula is C21H20N4O3S2. The molecule has 0 spiro atoms. The normalized spacial score (nSPS) is 12.7. The molecule has 1 unspecified atom stereocenters. The SMILES string of the molecule is Cn1c(C(NC(=O)CNS(=O)(=O)c2cccs2)c2ccccc2)nc2ccccc21. The molecule has 0 saturated heterocycles. The van der Waals surface area contributed by atoms with Crippen molar-refractivity contribution in [3.8, 4) is 0 Å². The lowest BCUT2D eigenvalue weighted by Crippen LogP contribution is -2.39. The maximum absolute atomic E-state index is 12.7. The molecule has 0 aliphatic heterocycles. The number of benzene rings is 2. The van der Waals surface area contributed by atoms with Crippen LogP contribution in [0.1, 0.15) is 17.4 Å². The molecule has 0 aliphatic rings. The molecule has 0 bridgehead atoms. The van der Waals surface area contributed by atoms with E-state index >= 15 is 0 Å². The van der Waals surface area contributed by atoms with Gasteiger partial charge in [0.2, 0.25) is 5.91 Å². The molecule has 1 atom stereocenters. The van der Waals surface area contributed by atoms with E-state index in [1.54, 1.807) is 11.4 Å². The molecule has 4 aromatic rings. The third-order valence-corrected chi connectivity index (χ3v) is 7.50. The van der Waals surface area contributed by atoms with Crippen LogP contribution in [0, 0.1) is 0 Å². The van der Waals surface area contributed by atoms with Crippen LogP contribution < -0.4 is 10.0 Å². The van der Waals surface area contributed by atoms with Gasteiger partial charge in [-0.25, -0.2) is 18.1 Å². The number of rotatable bonds is 7.